The summed E-state index contributed by atoms with van der Waals surface area (Å²) in [7, 11) is 1.61. The van der Waals surface area contributed by atoms with Gasteiger partial charge in [0.2, 0.25) is 11.8 Å². The maximum atomic E-state index is 14.0. The van der Waals surface area contributed by atoms with Crippen LogP contribution < -0.4 is 15.4 Å². The monoisotopic (exact) mass is 654 g/mol. The Bertz CT molecular complexity index is 1300. The molecule has 0 bridgehead atoms. The molecule has 2 aliphatic heterocycles. The van der Waals surface area contributed by atoms with Gasteiger partial charge in [-0.2, -0.15) is 0 Å². The molecule has 252 valence electrons. The van der Waals surface area contributed by atoms with Crippen molar-refractivity contribution >= 4 is 30.1 Å². The molecule has 2 heterocycles. The minimum atomic E-state index is -0.869. The fourth-order valence-corrected chi connectivity index (χ4v) is 7.28. The summed E-state index contributed by atoms with van der Waals surface area (Å²) in [5.74, 6) is 1.17. The number of piperazine rings is 1. The minimum absolute atomic E-state index is 0. The summed E-state index contributed by atoms with van der Waals surface area (Å²) in [5.41, 5.74) is 0.0351. The van der Waals surface area contributed by atoms with Crippen molar-refractivity contribution in [3.8, 4) is 11.5 Å². The Balaban J connectivity index is 0.00000480. The molecule has 3 fully saturated rings. The summed E-state index contributed by atoms with van der Waals surface area (Å²) < 4.78 is 5.97. The van der Waals surface area contributed by atoms with Gasteiger partial charge >= 0.3 is 0 Å². The molecule has 3 N–H and O–H groups in total. The molecule has 1 saturated carbocycles. The molecule has 0 unspecified atom stereocenters. The van der Waals surface area contributed by atoms with E-state index in [1.54, 1.807) is 31.3 Å². The molecule has 9 nitrogen and oxygen atoms in total. The van der Waals surface area contributed by atoms with Crippen LogP contribution in [0.4, 0.5) is 0 Å². The van der Waals surface area contributed by atoms with Crippen molar-refractivity contribution in [2.45, 2.75) is 108 Å². The van der Waals surface area contributed by atoms with Crippen LogP contribution in [0.25, 0.3) is 0 Å². The molecule has 1 aliphatic carbocycles. The number of aliphatic hydroxyl groups is 1. The predicted molar refractivity (Wildman–Crippen MR) is 181 cm³/mol. The lowest BCUT2D eigenvalue weighted by atomic mass is 9.77. The molecule has 5 rings (SSSR count). The quantitative estimate of drug-likeness (QED) is 0.258. The van der Waals surface area contributed by atoms with E-state index in [1.807, 2.05) is 17.0 Å². The molecule has 2 aromatic carbocycles. The second-order valence-electron chi connectivity index (χ2n) is 13.2. The van der Waals surface area contributed by atoms with E-state index in [0.717, 1.165) is 70.1 Å². The molecule has 0 aromatic heterocycles. The molecule has 1 atom stereocenters. The highest BCUT2D eigenvalue weighted by molar-refractivity contribution is 6.00. The Kier molecular flexibility index (Phi) is 12.5. The summed E-state index contributed by atoms with van der Waals surface area (Å²) >= 11 is 0. The van der Waals surface area contributed by atoms with Crippen molar-refractivity contribution in [1.29, 1.82) is 0 Å². The van der Waals surface area contributed by atoms with Gasteiger partial charge in [-0.3, -0.25) is 19.3 Å². The van der Waals surface area contributed by atoms with Crippen molar-refractivity contribution in [1.82, 2.24) is 20.4 Å². The van der Waals surface area contributed by atoms with Gasteiger partial charge < -0.3 is 25.4 Å². The van der Waals surface area contributed by atoms with E-state index >= 15 is 0 Å². The highest BCUT2D eigenvalue weighted by atomic mass is 35.5. The van der Waals surface area contributed by atoms with E-state index in [0.29, 0.717) is 55.7 Å². The Hall–Kier alpha value is -3.14. The normalized spacial score (nSPS) is 20.9. The summed E-state index contributed by atoms with van der Waals surface area (Å²) in [4.78, 5) is 43.9. The molecule has 0 radical (unpaired) electrons. The van der Waals surface area contributed by atoms with Crippen LogP contribution in [0.5, 0.6) is 11.5 Å². The van der Waals surface area contributed by atoms with Crippen LogP contribution in [0.2, 0.25) is 0 Å². The molecule has 46 heavy (non-hydrogen) atoms. The van der Waals surface area contributed by atoms with Crippen molar-refractivity contribution < 1.29 is 24.2 Å². The third-order valence-corrected chi connectivity index (χ3v) is 10.0. The number of carbonyl (C=O) groups excluding carboxylic acids is 3. The van der Waals surface area contributed by atoms with Crippen LogP contribution >= 0.6 is 12.4 Å². The van der Waals surface area contributed by atoms with Crippen molar-refractivity contribution in [3.05, 3.63) is 59.7 Å². The van der Waals surface area contributed by atoms with E-state index < -0.39 is 17.2 Å². The standard InChI is InChI=1S/C36H50N4O5.ClH/c1-3-4-5-9-22-40-33(42)31(25-35(44)18-7-6-8-19-35)38-34(43)36(40)20-23-39(24-21-36)26-27-10-14-29(15-11-27)45-30-16-12-28(13-17-30)32(41)37-2;/h10-17,31,44H,3-9,18-26H2,1-2H3,(H,37,41)(H,38,43);1H/t31-;/m1./s1. The van der Waals surface area contributed by atoms with Crippen molar-refractivity contribution in [3.63, 3.8) is 0 Å². The first-order valence-electron chi connectivity index (χ1n) is 16.9. The van der Waals surface area contributed by atoms with Gasteiger partial charge in [0.05, 0.1) is 5.60 Å². The molecule has 2 saturated heterocycles. The maximum absolute atomic E-state index is 14.0. The van der Waals surface area contributed by atoms with Crippen LogP contribution in [0.1, 0.15) is 99.9 Å². The third kappa shape index (κ3) is 8.41. The number of ether oxygens (including phenoxy) is 1. The average Bonchev–Trinajstić information content (AvgIpc) is 3.05. The molecule has 3 amide bonds. The Morgan fingerprint density at radius 1 is 0.935 bits per heavy atom. The second kappa shape index (κ2) is 16.1. The highest BCUT2D eigenvalue weighted by Crippen LogP contribution is 2.38. The number of benzene rings is 2. The number of hydrogen-bond acceptors (Lipinski definition) is 6. The van der Waals surface area contributed by atoms with E-state index in [4.69, 9.17) is 4.74 Å². The van der Waals surface area contributed by atoms with Gasteiger partial charge in [0, 0.05) is 45.2 Å². The number of rotatable bonds is 12. The van der Waals surface area contributed by atoms with Gasteiger partial charge in [-0.25, -0.2) is 0 Å². The number of carbonyl (C=O) groups is 3. The van der Waals surface area contributed by atoms with Crippen LogP contribution in [0.3, 0.4) is 0 Å². The fourth-order valence-electron chi connectivity index (χ4n) is 7.28. The number of nitrogens with zero attached hydrogens (tertiary/aromatic N) is 2. The zero-order valence-corrected chi connectivity index (χ0v) is 28.2. The van der Waals surface area contributed by atoms with Gasteiger partial charge in [0.15, 0.2) is 0 Å². The number of unbranched alkanes of at least 4 members (excludes halogenated alkanes) is 3. The Labute approximate surface area is 279 Å². The molecular formula is C36H51ClN4O5. The van der Waals surface area contributed by atoms with E-state index in [9.17, 15) is 19.5 Å². The number of nitrogens with one attached hydrogen (secondary N) is 2. The zero-order valence-electron chi connectivity index (χ0n) is 27.4. The van der Waals surface area contributed by atoms with Gasteiger partial charge in [0.1, 0.15) is 23.1 Å². The molecular weight excluding hydrogens is 604 g/mol. The van der Waals surface area contributed by atoms with Crippen LogP contribution in [-0.4, -0.2) is 76.5 Å². The summed E-state index contributed by atoms with van der Waals surface area (Å²) in [6, 6.07) is 14.4. The first-order valence-corrected chi connectivity index (χ1v) is 16.9. The van der Waals surface area contributed by atoms with Crippen LogP contribution in [-0.2, 0) is 16.1 Å². The zero-order chi connectivity index (χ0) is 31.9. The third-order valence-electron chi connectivity index (χ3n) is 10.0. The molecule has 3 aliphatic rings. The van der Waals surface area contributed by atoms with Gasteiger partial charge in [0.25, 0.3) is 5.91 Å². The Morgan fingerprint density at radius 3 is 2.17 bits per heavy atom. The average molecular weight is 655 g/mol. The first kappa shape index (κ1) is 35.7. The van der Waals surface area contributed by atoms with E-state index in [1.165, 1.54) is 0 Å². The fraction of sp³-hybridized carbons (Fsp3) is 0.583. The number of hydrogen-bond donors (Lipinski definition) is 3. The van der Waals surface area contributed by atoms with Crippen LogP contribution in [0.15, 0.2) is 48.5 Å². The summed E-state index contributed by atoms with van der Waals surface area (Å²) in [5, 5.41) is 16.9. The number of amides is 3. The first-order chi connectivity index (χ1) is 21.7. The number of likely N-dealkylation sites (tertiary alicyclic amines) is 1. The van der Waals surface area contributed by atoms with Crippen molar-refractivity contribution in [2.24, 2.45) is 0 Å². The lowest BCUT2D eigenvalue weighted by molar-refractivity contribution is -0.163. The lowest BCUT2D eigenvalue weighted by Gasteiger charge is -2.52. The SMILES string of the molecule is CCCCCCN1C(=O)[C@@H](CC2(O)CCCCC2)NC(=O)C12CCN(Cc1ccc(Oc3ccc(C(=O)NC)cc3)cc1)CC2.Cl. The van der Waals surface area contributed by atoms with Gasteiger partial charge in [-0.05, 0) is 74.1 Å². The minimum Gasteiger partial charge on any atom is -0.457 e. The number of piperidine rings is 1. The van der Waals surface area contributed by atoms with Gasteiger partial charge in [-0.15, -0.1) is 12.4 Å². The molecule has 10 heteroatoms. The van der Waals surface area contributed by atoms with Gasteiger partial charge in [-0.1, -0.05) is 57.6 Å². The largest absolute Gasteiger partial charge is 0.457 e. The number of halogens is 1. The van der Waals surface area contributed by atoms with Crippen LogP contribution in [0, 0.1) is 0 Å². The maximum Gasteiger partial charge on any atom is 0.251 e. The van der Waals surface area contributed by atoms with Crippen molar-refractivity contribution in [2.75, 3.05) is 26.7 Å². The Morgan fingerprint density at radius 2 is 1.57 bits per heavy atom. The molecule has 1 spiro atoms. The predicted octanol–water partition coefficient (Wildman–Crippen LogP) is 5.59. The lowest BCUT2D eigenvalue weighted by Crippen LogP contribution is -2.73. The summed E-state index contributed by atoms with van der Waals surface area (Å²) in [6.07, 6.45) is 10.1. The second-order valence-corrected chi connectivity index (χ2v) is 13.2. The van der Waals surface area contributed by atoms with E-state index in [2.05, 4.69) is 34.6 Å². The summed E-state index contributed by atoms with van der Waals surface area (Å²) in [6.45, 7) is 4.95. The topological polar surface area (TPSA) is 111 Å². The highest BCUT2D eigenvalue weighted by Gasteiger charge is 2.54. The molecule has 2 aromatic rings. The van der Waals surface area contributed by atoms with E-state index in [-0.39, 0.29) is 30.1 Å². The smallest absolute Gasteiger partial charge is 0.251 e.